The highest BCUT2D eigenvalue weighted by Gasteiger charge is 2.27. The number of hydrogen-bond acceptors (Lipinski definition) is 4. The summed E-state index contributed by atoms with van der Waals surface area (Å²) in [5, 5.41) is 1.05. The normalized spacial score (nSPS) is 17.3. The van der Waals surface area contributed by atoms with Gasteiger partial charge in [0, 0.05) is 10.9 Å². The van der Waals surface area contributed by atoms with Gasteiger partial charge in [-0.05, 0) is 53.5 Å². The Kier molecular flexibility index (Phi) is 4.26. The molecule has 118 valence electrons. The van der Waals surface area contributed by atoms with E-state index in [9.17, 15) is 4.79 Å². The van der Waals surface area contributed by atoms with Gasteiger partial charge in [-0.15, -0.1) is 11.3 Å². The molecular weight excluding hydrogens is 423 g/mol. The summed E-state index contributed by atoms with van der Waals surface area (Å²) in [5.41, 5.74) is 2.05. The quantitative estimate of drug-likeness (QED) is 0.538. The molecule has 0 aliphatic heterocycles. The molecule has 4 rings (SSSR count). The van der Waals surface area contributed by atoms with E-state index in [1.807, 2.05) is 30.3 Å². The third-order valence-corrected chi connectivity index (χ3v) is 6.07. The largest absolute Gasteiger partial charge is 0.424 e. The van der Waals surface area contributed by atoms with Gasteiger partial charge in [0.05, 0.1) is 9.49 Å². The van der Waals surface area contributed by atoms with Crippen molar-refractivity contribution in [3.05, 3.63) is 66.6 Å². The van der Waals surface area contributed by atoms with E-state index in [1.165, 1.54) is 11.3 Å². The van der Waals surface area contributed by atoms with Gasteiger partial charge in [-0.2, -0.15) is 0 Å². The molecular formula is C18H15IO3S. The van der Waals surface area contributed by atoms with Gasteiger partial charge in [-0.1, -0.05) is 30.3 Å². The molecule has 0 amide bonds. The summed E-state index contributed by atoms with van der Waals surface area (Å²) in [5.74, 6) is 0.735. The van der Waals surface area contributed by atoms with Gasteiger partial charge in [0.25, 0.3) is 0 Å². The minimum atomic E-state index is -0.234. The van der Waals surface area contributed by atoms with Crippen LogP contribution >= 0.6 is 33.9 Å². The van der Waals surface area contributed by atoms with Crippen molar-refractivity contribution in [1.82, 2.24) is 0 Å². The van der Waals surface area contributed by atoms with Crippen LogP contribution in [0.25, 0.3) is 10.1 Å². The fourth-order valence-electron chi connectivity index (χ4n) is 3.12. The lowest BCUT2D eigenvalue weighted by Gasteiger charge is -2.24. The highest BCUT2D eigenvalue weighted by atomic mass is 127. The van der Waals surface area contributed by atoms with Gasteiger partial charge >= 0.3 is 5.63 Å². The van der Waals surface area contributed by atoms with Crippen LogP contribution in [-0.2, 0) is 17.8 Å². The summed E-state index contributed by atoms with van der Waals surface area (Å²) in [6.45, 7) is 0.536. The maximum Gasteiger partial charge on any atom is 0.354 e. The topological polar surface area (TPSA) is 39.4 Å². The predicted molar refractivity (Wildman–Crippen MR) is 100.0 cm³/mol. The van der Waals surface area contributed by atoms with Gasteiger partial charge in [0.2, 0.25) is 0 Å². The molecule has 0 spiro atoms. The standard InChI is InChI=1S/C18H15IO3S/c19-15-9-13-12-7-4-8-14(16(12)22-18(20)17(13)23-15)21-10-11-5-2-1-3-6-11/h1-3,5-6,9,14H,4,7-8,10H2. The number of rotatable bonds is 3. The van der Waals surface area contributed by atoms with Crippen LogP contribution in [0.2, 0.25) is 0 Å². The molecule has 1 aliphatic rings. The van der Waals surface area contributed by atoms with Gasteiger partial charge in [-0.25, -0.2) is 4.79 Å². The van der Waals surface area contributed by atoms with Crippen LogP contribution in [0.3, 0.4) is 0 Å². The molecule has 1 atom stereocenters. The highest BCUT2D eigenvalue weighted by molar-refractivity contribution is 14.1. The SMILES string of the molecule is O=c1oc2c(c3cc(I)sc13)CCCC2OCc1ccccc1. The maximum atomic E-state index is 12.3. The lowest BCUT2D eigenvalue weighted by atomic mass is 9.92. The van der Waals surface area contributed by atoms with E-state index < -0.39 is 0 Å². The molecule has 0 radical (unpaired) electrons. The Hall–Kier alpha value is -1.18. The van der Waals surface area contributed by atoms with Crippen molar-refractivity contribution in [2.24, 2.45) is 0 Å². The lowest BCUT2D eigenvalue weighted by Crippen LogP contribution is -2.16. The van der Waals surface area contributed by atoms with E-state index >= 15 is 0 Å². The number of benzene rings is 1. The van der Waals surface area contributed by atoms with Gasteiger partial charge in [0.1, 0.15) is 16.6 Å². The van der Waals surface area contributed by atoms with Crippen molar-refractivity contribution in [3.8, 4) is 0 Å². The zero-order valence-corrected chi connectivity index (χ0v) is 15.4. The Morgan fingerprint density at radius 3 is 2.96 bits per heavy atom. The lowest BCUT2D eigenvalue weighted by molar-refractivity contribution is 0.0116. The van der Waals surface area contributed by atoms with Crippen molar-refractivity contribution in [2.45, 2.75) is 32.0 Å². The predicted octanol–water partition coefficient (Wildman–Crippen LogP) is 5.05. The molecule has 23 heavy (non-hydrogen) atoms. The molecule has 3 aromatic rings. The fraction of sp³-hybridized carbons (Fsp3) is 0.278. The van der Waals surface area contributed by atoms with E-state index in [2.05, 4.69) is 28.7 Å². The molecule has 0 saturated carbocycles. The monoisotopic (exact) mass is 438 g/mol. The average Bonchev–Trinajstić information content (AvgIpc) is 2.97. The van der Waals surface area contributed by atoms with Gasteiger partial charge in [0.15, 0.2) is 0 Å². The fourth-order valence-corrected chi connectivity index (χ4v) is 4.88. The molecule has 2 aromatic heterocycles. The molecule has 0 fully saturated rings. The number of thiophene rings is 1. The first-order chi connectivity index (χ1) is 11.2. The summed E-state index contributed by atoms with van der Waals surface area (Å²) in [7, 11) is 0. The molecule has 2 heterocycles. The van der Waals surface area contributed by atoms with Crippen LogP contribution in [-0.4, -0.2) is 0 Å². The highest BCUT2D eigenvalue weighted by Crippen LogP contribution is 2.38. The first-order valence-electron chi connectivity index (χ1n) is 7.63. The van der Waals surface area contributed by atoms with Crippen molar-refractivity contribution in [2.75, 3.05) is 0 Å². The second kappa shape index (κ2) is 6.37. The Morgan fingerprint density at radius 2 is 2.13 bits per heavy atom. The minimum Gasteiger partial charge on any atom is -0.424 e. The van der Waals surface area contributed by atoms with Crippen LogP contribution in [0.5, 0.6) is 0 Å². The summed E-state index contributed by atoms with van der Waals surface area (Å²) in [6, 6.07) is 12.2. The molecule has 5 heteroatoms. The van der Waals surface area contributed by atoms with Crippen molar-refractivity contribution < 1.29 is 9.15 Å². The number of aryl methyl sites for hydroxylation is 1. The number of ether oxygens (including phenoxy) is 1. The zero-order valence-electron chi connectivity index (χ0n) is 12.4. The molecule has 0 saturated heterocycles. The summed E-state index contributed by atoms with van der Waals surface area (Å²) in [6.07, 6.45) is 2.78. The molecule has 0 bridgehead atoms. The first kappa shape index (κ1) is 15.4. The van der Waals surface area contributed by atoms with Crippen LogP contribution in [0.4, 0.5) is 0 Å². The maximum absolute atomic E-state index is 12.3. The van der Waals surface area contributed by atoms with E-state index in [0.29, 0.717) is 6.61 Å². The van der Waals surface area contributed by atoms with Gasteiger partial charge in [-0.3, -0.25) is 0 Å². The average molecular weight is 438 g/mol. The molecule has 1 unspecified atom stereocenters. The van der Waals surface area contributed by atoms with E-state index in [1.54, 1.807) is 0 Å². The molecule has 1 aliphatic carbocycles. The first-order valence-corrected chi connectivity index (χ1v) is 9.52. The summed E-state index contributed by atoms with van der Waals surface area (Å²) in [4.78, 5) is 12.3. The summed E-state index contributed by atoms with van der Waals surface area (Å²) < 4.78 is 13.6. The Bertz CT molecular complexity index is 898. The molecule has 1 aromatic carbocycles. The van der Waals surface area contributed by atoms with Gasteiger partial charge < -0.3 is 9.15 Å². The number of halogens is 1. The number of hydrogen-bond donors (Lipinski definition) is 0. The second-order valence-corrected chi connectivity index (χ2v) is 8.65. The van der Waals surface area contributed by atoms with Crippen molar-refractivity contribution in [3.63, 3.8) is 0 Å². The van der Waals surface area contributed by atoms with Crippen molar-refractivity contribution in [1.29, 1.82) is 0 Å². The van der Waals surface area contributed by atoms with E-state index in [-0.39, 0.29) is 11.7 Å². The van der Waals surface area contributed by atoms with E-state index in [0.717, 1.165) is 49.1 Å². The van der Waals surface area contributed by atoms with Crippen molar-refractivity contribution >= 4 is 44.0 Å². The minimum absolute atomic E-state index is 0.131. The van der Waals surface area contributed by atoms with Crippen LogP contribution < -0.4 is 5.63 Å². The van der Waals surface area contributed by atoms with E-state index in [4.69, 9.17) is 9.15 Å². The molecule has 0 N–H and O–H groups in total. The zero-order chi connectivity index (χ0) is 15.8. The smallest absolute Gasteiger partial charge is 0.354 e. The number of fused-ring (bicyclic) bond motifs is 3. The second-order valence-electron chi connectivity index (χ2n) is 5.70. The Morgan fingerprint density at radius 1 is 1.30 bits per heavy atom. The molecule has 3 nitrogen and oxygen atoms in total. The van der Waals surface area contributed by atoms with Crippen LogP contribution in [0.15, 0.2) is 45.6 Å². The Balaban J connectivity index is 1.69. The van der Waals surface area contributed by atoms with Crippen LogP contribution in [0, 0.1) is 2.88 Å². The third-order valence-electron chi connectivity index (χ3n) is 4.19. The van der Waals surface area contributed by atoms with Crippen LogP contribution in [0.1, 0.15) is 35.8 Å². The summed E-state index contributed by atoms with van der Waals surface area (Å²) >= 11 is 3.76. The third kappa shape index (κ3) is 2.97. The Labute approximate surface area is 151 Å².